The van der Waals surface area contributed by atoms with Crippen molar-refractivity contribution in [1.29, 1.82) is 0 Å². The molecule has 1 amide bonds. The number of hydrogen-bond donors (Lipinski definition) is 1. The molecule has 1 aromatic carbocycles. The zero-order valence-corrected chi connectivity index (χ0v) is 8.90. The van der Waals surface area contributed by atoms with E-state index < -0.39 is 0 Å². The summed E-state index contributed by atoms with van der Waals surface area (Å²) in [6, 6.07) is 5.38. The van der Waals surface area contributed by atoms with E-state index in [2.05, 4.69) is 5.32 Å². The van der Waals surface area contributed by atoms with Crippen molar-refractivity contribution in [2.45, 2.75) is 0 Å². The quantitative estimate of drug-likeness (QED) is 0.760. The zero-order chi connectivity index (χ0) is 11.5. The molecule has 2 rings (SSSR count). The van der Waals surface area contributed by atoms with Crippen LogP contribution in [0.15, 0.2) is 18.2 Å². The van der Waals surface area contributed by atoms with E-state index >= 15 is 0 Å². The van der Waals surface area contributed by atoms with E-state index in [0.29, 0.717) is 17.7 Å². The molecule has 0 radical (unpaired) electrons. The number of nitrogens with zero attached hydrogens (tertiary/aromatic N) is 1. The van der Waals surface area contributed by atoms with Crippen LogP contribution >= 0.6 is 0 Å². The minimum absolute atomic E-state index is 0.0701. The van der Waals surface area contributed by atoms with Gasteiger partial charge in [-0.2, -0.15) is 0 Å². The van der Waals surface area contributed by atoms with E-state index in [-0.39, 0.29) is 19.0 Å². The van der Waals surface area contributed by atoms with Crippen LogP contribution < -0.4 is 15.0 Å². The summed E-state index contributed by atoms with van der Waals surface area (Å²) in [5, 5.41) is 2.99. The molecule has 0 saturated carbocycles. The van der Waals surface area contributed by atoms with Crippen LogP contribution in [-0.4, -0.2) is 32.4 Å². The van der Waals surface area contributed by atoms with Gasteiger partial charge in [0, 0.05) is 6.07 Å². The van der Waals surface area contributed by atoms with E-state index in [9.17, 15) is 9.59 Å². The van der Waals surface area contributed by atoms with Crippen molar-refractivity contribution in [3.8, 4) is 5.75 Å². The highest BCUT2D eigenvalue weighted by Crippen LogP contribution is 2.32. The highest BCUT2D eigenvalue weighted by atomic mass is 16.5. The summed E-state index contributed by atoms with van der Waals surface area (Å²) in [5.41, 5.74) is 1.52. The van der Waals surface area contributed by atoms with Crippen molar-refractivity contribution in [2.75, 3.05) is 30.4 Å². The number of ether oxygens (including phenoxy) is 1. The molecule has 16 heavy (non-hydrogen) atoms. The Morgan fingerprint density at radius 3 is 3.06 bits per heavy atom. The lowest BCUT2D eigenvalue weighted by Gasteiger charge is -2.28. The fraction of sp³-hybridized carbons (Fsp3) is 0.273. The summed E-state index contributed by atoms with van der Waals surface area (Å²) in [4.78, 5) is 23.6. The minimum Gasteiger partial charge on any atom is -0.497 e. The third-order valence-corrected chi connectivity index (χ3v) is 2.48. The molecule has 0 bridgehead atoms. The molecule has 0 unspecified atom stereocenters. The molecule has 1 N–H and O–H groups in total. The third kappa shape index (κ3) is 1.71. The smallest absolute Gasteiger partial charge is 0.246 e. The molecule has 5 nitrogen and oxygen atoms in total. The predicted octanol–water partition coefficient (Wildman–Crippen LogP) is 0.653. The number of nitrogens with one attached hydrogen (secondary N) is 1. The minimum atomic E-state index is -0.118. The second-order valence-corrected chi connectivity index (χ2v) is 3.41. The van der Waals surface area contributed by atoms with Crippen molar-refractivity contribution < 1.29 is 14.3 Å². The number of aldehydes is 1. The van der Waals surface area contributed by atoms with Crippen molar-refractivity contribution >= 4 is 23.6 Å². The van der Waals surface area contributed by atoms with E-state index in [1.165, 1.54) is 4.90 Å². The van der Waals surface area contributed by atoms with Gasteiger partial charge in [0.2, 0.25) is 5.91 Å². The normalized spacial score (nSPS) is 14.1. The molecule has 1 heterocycles. The summed E-state index contributed by atoms with van der Waals surface area (Å²) in [6.45, 7) is 0.286. The van der Waals surface area contributed by atoms with Crippen LogP contribution in [-0.2, 0) is 9.59 Å². The summed E-state index contributed by atoms with van der Waals surface area (Å²) >= 11 is 0. The van der Waals surface area contributed by atoms with Crippen LogP contribution in [0, 0.1) is 0 Å². The van der Waals surface area contributed by atoms with Crippen molar-refractivity contribution in [3.05, 3.63) is 18.2 Å². The number of anilines is 2. The van der Waals surface area contributed by atoms with Gasteiger partial charge in [0.1, 0.15) is 12.0 Å². The number of methoxy groups -OCH3 is 1. The van der Waals surface area contributed by atoms with E-state index in [1.54, 1.807) is 19.2 Å². The van der Waals surface area contributed by atoms with Crippen LogP contribution in [0.4, 0.5) is 11.4 Å². The van der Waals surface area contributed by atoms with E-state index in [4.69, 9.17) is 4.74 Å². The molecular formula is C11H12N2O3. The molecule has 0 spiro atoms. The fourth-order valence-electron chi connectivity index (χ4n) is 1.69. The Labute approximate surface area is 93.0 Å². The Bertz CT molecular complexity index is 431. The number of amides is 1. The predicted molar refractivity (Wildman–Crippen MR) is 59.9 cm³/mol. The average Bonchev–Trinajstić information content (AvgIpc) is 2.32. The molecular weight excluding hydrogens is 208 g/mol. The maximum Gasteiger partial charge on any atom is 0.246 e. The Morgan fingerprint density at radius 1 is 1.56 bits per heavy atom. The largest absolute Gasteiger partial charge is 0.497 e. The van der Waals surface area contributed by atoms with Gasteiger partial charge < -0.3 is 19.7 Å². The third-order valence-electron chi connectivity index (χ3n) is 2.48. The van der Waals surface area contributed by atoms with Crippen molar-refractivity contribution in [3.63, 3.8) is 0 Å². The summed E-state index contributed by atoms with van der Waals surface area (Å²) in [6.07, 6.45) is 0.715. The monoisotopic (exact) mass is 220 g/mol. The number of carbonyl (C=O) groups excluding carboxylic acids is 2. The highest BCUT2D eigenvalue weighted by Gasteiger charge is 2.23. The number of fused-ring (bicyclic) bond motifs is 1. The van der Waals surface area contributed by atoms with E-state index in [1.807, 2.05) is 6.07 Å². The van der Waals surface area contributed by atoms with Gasteiger partial charge in [0.15, 0.2) is 0 Å². The maximum absolute atomic E-state index is 11.6. The molecule has 1 aliphatic rings. The first-order chi connectivity index (χ1) is 7.76. The second-order valence-electron chi connectivity index (χ2n) is 3.41. The molecule has 0 fully saturated rings. The molecule has 1 aromatic rings. The molecule has 5 heteroatoms. The number of benzene rings is 1. The van der Waals surface area contributed by atoms with Gasteiger partial charge in [-0.15, -0.1) is 0 Å². The Balaban J connectivity index is 2.43. The van der Waals surface area contributed by atoms with Crippen LogP contribution in [0.25, 0.3) is 0 Å². The lowest BCUT2D eigenvalue weighted by Crippen LogP contribution is -2.40. The first kappa shape index (κ1) is 10.5. The molecule has 0 aliphatic carbocycles. The molecule has 0 saturated heterocycles. The molecule has 1 aliphatic heterocycles. The zero-order valence-electron chi connectivity index (χ0n) is 8.90. The first-order valence-corrected chi connectivity index (χ1v) is 4.92. The van der Waals surface area contributed by atoms with Gasteiger partial charge in [-0.05, 0) is 12.1 Å². The Kier molecular flexibility index (Phi) is 2.76. The second kappa shape index (κ2) is 4.22. The number of carbonyl (C=O) groups is 2. The van der Waals surface area contributed by atoms with Crippen molar-refractivity contribution in [2.24, 2.45) is 0 Å². The number of rotatable bonds is 3. The maximum atomic E-state index is 11.6. The lowest BCUT2D eigenvalue weighted by molar-refractivity contribution is -0.118. The molecule has 0 aromatic heterocycles. The molecule has 0 atom stereocenters. The SMILES string of the molecule is COc1ccc2c(c1)N(CC=O)C(=O)CN2. The Hall–Kier alpha value is -2.04. The van der Waals surface area contributed by atoms with Crippen molar-refractivity contribution in [1.82, 2.24) is 0 Å². The van der Waals surface area contributed by atoms with Gasteiger partial charge in [-0.25, -0.2) is 0 Å². The van der Waals surface area contributed by atoms with Crippen LogP contribution in [0.3, 0.4) is 0 Å². The van der Waals surface area contributed by atoms with Crippen LogP contribution in [0.1, 0.15) is 0 Å². The Morgan fingerprint density at radius 2 is 2.38 bits per heavy atom. The van der Waals surface area contributed by atoms with E-state index in [0.717, 1.165) is 5.69 Å². The van der Waals surface area contributed by atoms with Gasteiger partial charge in [0.05, 0.1) is 31.6 Å². The fourth-order valence-corrected chi connectivity index (χ4v) is 1.69. The number of hydrogen-bond acceptors (Lipinski definition) is 4. The van der Waals surface area contributed by atoms with Crippen LogP contribution in [0.2, 0.25) is 0 Å². The average molecular weight is 220 g/mol. The topological polar surface area (TPSA) is 58.6 Å². The summed E-state index contributed by atoms with van der Waals surface area (Å²) < 4.78 is 5.09. The standard InChI is InChI=1S/C11H12N2O3/c1-16-8-2-3-9-10(6-8)13(4-5-14)11(15)7-12-9/h2-3,5-6,12H,4,7H2,1H3. The van der Waals surface area contributed by atoms with Crippen LogP contribution in [0.5, 0.6) is 5.75 Å². The van der Waals surface area contributed by atoms with Gasteiger partial charge >= 0.3 is 0 Å². The van der Waals surface area contributed by atoms with Gasteiger partial charge in [0.25, 0.3) is 0 Å². The van der Waals surface area contributed by atoms with Gasteiger partial charge in [-0.1, -0.05) is 0 Å². The first-order valence-electron chi connectivity index (χ1n) is 4.92. The summed E-state index contributed by atoms with van der Waals surface area (Å²) in [7, 11) is 1.56. The highest BCUT2D eigenvalue weighted by molar-refractivity contribution is 6.04. The van der Waals surface area contributed by atoms with Gasteiger partial charge in [-0.3, -0.25) is 4.79 Å². The summed E-state index contributed by atoms with van der Waals surface area (Å²) in [5.74, 6) is 0.541. The lowest BCUT2D eigenvalue weighted by atomic mass is 10.2. The molecule has 84 valence electrons.